The Bertz CT molecular complexity index is 379. The van der Waals surface area contributed by atoms with Crippen LogP contribution in [0.1, 0.15) is 37.9 Å². The minimum Gasteiger partial charge on any atom is -0.497 e. The Morgan fingerprint density at radius 2 is 2.28 bits per heavy atom. The highest BCUT2D eigenvalue weighted by atomic mass is 16.5. The van der Waals surface area contributed by atoms with Gasteiger partial charge in [-0.1, -0.05) is 25.5 Å². The Labute approximate surface area is 108 Å². The van der Waals surface area contributed by atoms with Crippen molar-refractivity contribution in [1.82, 2.24) is 5.32 Å². The zero-order valence-corrected chi connectivity index (χ0v) is 11.0. The predicted molar refractivity (Wildman–Crippen MR) is 70.5 cm³/mol. The first-order valence-corrected chi connectivity index (χ1v) is 6.26. The first-order valence-electron chi connectivity index (χ1n) is 6.26. The molecule has 0 aliphatic carbocycles. The molecule has 0 spiro atoms. The molecular weight excluding hydrogens is 230 g/mol. The number of aliphatic hydroxyl groups excluding tert-OH is 1. The van der Waals surface area contributed by atoms with Crippen molar-refractivity contribution in [3.8, 4) is 5.75 Å². The molecule has 1 atom stereocenters. The molecule has 0 bridgehead atoms. The van der Waals surface area contributed by atoms with Crippen molar-refractivity contribution in [1.29, 1.82) is 0 Å². The van der Waals surface area contributed by atoms with E-state index in [0.717, 1.165) is 18.4 Å². The first kappa shape index (κ1) is 14.5. The molecular formula is C14H21NO3. The summed E-state index contributed by atoms with van der Waals surface area (Å²) >= 11 is 0. The Hall–Kier alpha value is -1.55. The highest BCUT2D eigenvalue weighted by molar-refractivity contribution is 5.75. The third kappa shape index (κ3) is 4.75. The van der Waals surface area contributed by atoms with Gasteiger partial charge in [-0.2, -0.15) is 0 Å². The average molecular weight is 251 g/mol. The van der Waals surface area contributed by atoms with Crippen molar-refractivity contribution in [3.05, 3.63) is 29.8 Å². The van der Waals surface area contributed by atoms with E-state index in [2.05, 4.69) is 5.32 Å². The van der Waals surface area contributed by atoms with Crippen molar-refractivity contribution in [2.24, 2.45) is 0 Å². The summed E-state index contributed by atoms with van der Waals surface area (Å²) in [4.78, 5) is 11.4. The lowest BCUT2D eigenvalue weighted by atomic mass is 10.1. The van der Waals surface area contributed by atoms with Crippen LogP contribution in [0.5, 0.6) is 5.75 Å². The van der Waals surface area contributed by atoms with Crippen LogP contribution in [-0.2, 0) is 4.79 Å². The number of ether oxygens (including phenoxy) is 1. The van der Waals surface area contributed by atoms with Crippen molar-refractivity contribution in [2.75, 3.05) is 13.7 Å². The number of amides is 1. The van der Waals surface area contributed by atoms with Crippen LogP contribution in [-0.4, -0.2) is 24.7 Å². The van der Waals surface area contributed by atoms with Gasteiger partial charge in [-0.25, -0.2) is 0 Å². The topological polar surface area (TPSA) is 58.6 Å². The number of aliphatic hydroxyl groups is 1. The Morgan fingerprint density at radius 1 is 1.50 bits per heavy atom. The van der Waals surface area contributed by atoms with Crippen LogP contribution in [0.4, 0.5) is 0 Å². The standard InChI is InChI=1S/C14H21NO3/c1-3-4-8-14(17)15-10-13(16)11-6-5-7-12(9-11)18-2/h5-7,9,13,16H,3-4,8,10H2,1-2H3,(H,15,17). The third-order valence-electron chi connectivity index (χ3n) is 2.73. The van der Waals surface area contributed by atoms with E-state index in [1.165, 1.54) is 0 Å². The monoisotopic (exact) mass is 251 g/mol. The van der Waals surface area contributed by atoms with Crippen LogP contribution in [0.15, 0.2) is 24.3 Å². The van der Waals surface area contributed by atoms with E-state index in [9.17, 15) is 9.90 Å². The zero-order valence-electron chi connectivity index (χ0n) is 11.0. The van der Waals surface area contributed by atoms with Crippen molar-refractivity contribution >= 4 is 5.91 Å². The molecule has 1 rings (SSSR count). The van der Waals surface area contributed by atoms with E-state index in [-0.39, 0.29) is 12.5 Å². The molecule has 0 heterocycles. The third-order valence-corrected chi connectivity index (χ3v) is 2.73. The maximum atomic E-state index is 11.4. The molecule has 4 nitrogen and oxygen atoms in total. The van der Waals surface area contributed by atoms with Crippen molar-refractivity contribution < 1.29 is 14.6 Å². The molecule has 1 aromatic carbocycles. The van der Waals surface area contributed by atoms with Gasteiger partial charge in [0.2, 0.25) is 5.91 Å². The molecule has 0 aliphatic rings. The number of carbonyl (C=O) groups is 1. The van der Waals surface area contributed by atoms with Gasteiger partial charge >= 0.3 is 0 Å². The van der Waals surface area contributed by atoms with Crippen LogP contribution >= 0.6 is 0 Å². The molecule has 0 aromatic heterocycles. The van der Waals surface area contributed by atoms with Gasteiger partial charge in [0.05, 0.1) is 13.2 Å². The second-order valence-corrected chi connectivity index (χ2v) is 4.20. The summed E-state index contributed by atoms with van der Waals surface area (Å²) in [6.07, 6.45) is 1.68. The van der Waals surface area contributed by atoms with E-state index in [1.54, 1.807) is 13.2 Å². The lowest BCUT2D eigenvalue weighted by molar-refractivity contribution is -0.121. The Kier molecular flexibility index (Phi) is 6.22. The number of hydrogen-bond donors (Lipinski definition) is 2. The molecule has 0 radical (unpaired) electrons. The molecule has 0 fully saturated rings. The maximum absolute atomic E-state index is 11.4. The van der Waals surface area contributed by atoms with Crippen LogP contribution < -0.4 is 10.1 Å². The van der Waals surface area contributed by atoms with Gasteiger partial charge in [-0.3, -0.25) is 4.79 Å². The quantitative estimate of drug-likeness (QED) is 0.779. The smallest absolute Gasteiger partial charge is 0.220 e. The second kappa shape index (κ2) is 7.71. The van der Waals surface area contributed by atoms with Gasteiger partial charge < -0.3 is 15.2 Å². The van der Waals surface area contributed by atoms with Crippen LogP contribution in [0, 0.1) is 0 Å². The highest BCUT2D eigenvalue weighted by Crippen LogP contribution is 2.18. The zero-order chi connectivity index (χ0) is 13.4. The lowest BCUT2D eigenvalue weighted by Crippen LogP contribution is -2.28. The molecule has 0 saturated carbocycles. The fourth-order valence-electron chi connectivity index (χ4n) is 1.60. The van der Waals surface area contributed by atoms with Gasteiger partial charge in [0, 0.05) is 13.0 Å². The fourth-order valence-corrected chi connectivity index (χ4v) is 1.60. The van der Waals surface area contributed by atoms with E-state index in [0.29, 0.717) is 12.2 Å². The summed E-state index contributed by atoms with van der Waals surface area (Å²) in [5, 5.41) is 12.7. The van der Waals surface area contributed by atoms with Crippen molar-refractivity contribution in [3.63, 3.8) is 0 Å². The number of unbranched alkanes of at least 4 members (excludes halogenated alkanes) is 1. The lowest BCUT2D eigenvalue weighted by Gasteiger charge is -2.13. The molecule has 18 heavy (non-hydrogen) atoms. The number of carbonyl (C=O) groups excluding carboxylic acids is 1. The van der Waals surface area contributed by atoms with Gasteiger partial charge in [0.25, 0.3) is 0 Å². The molecule has 1 amide bonds. The molecule has 2 N–H and O–H groups in total. The molecule has 100 valence electrons. The van der Waals surface area contributed by atoms with E-state index in [4.69, 9.17) is 4.74 Å². The summed E-state index contributed by atoms with van der Waals surface area (Å²) in [5.74, 6) is 0.683. The van der Waals surface area contributed by atoms with Crippen LogP contribution in [0.2, 0.25) is 0 Å². The van der Waals surface area contributed by atoms with E-state index in [1.807, 2.05) is 25.1 Å². The van der Waals surface area contributed by atoms with Crippen LogP contribution in [0.3, 0.4) is 0 Å². The number of methoxy groups -OCH3 is 1. The Balaban J connectivity index is 2.44. The minimum absolute atomic E-state index is 0.0150. The first-order chi connectivity index (χ1) is 8.67. The van der Waals surface area contributed by atoms with Crippen molar-refractivity contribution in [2.45, 2.75) is 32.3 Å². The summed E-state index contributed by atoms with van der Waals surface area (Å²) in [6, 6.07) is 7.21. The summed E-state index contributed by atoms with van der Waals surface area (Å²) in [7, 11) is 1.58. The largest absolute Gasteiger partial charge is 0.497 e. The van der Waals surface area contributed by atoms with Gasteiger partial charge in [-0.05, 0) is 24.1 Å². The minimum atomic E-state index is -0.703. The van der Waals surface area contributed by atoms with E-state index >= 15 is 0 Å². The summed E-state index contributed by atoms with van der Waals surface area (Å²) < 4.78 is 5.09. The number of rotatable bonds is 7. The maximum Gasteiger partial charge on any atom is 0.220 e. The van der Waals surface area contributed by atoms with Crippen LogP contribution in [0.25, 0.3) is 0 Å². The Morgan fingerprint density at radius 3 is 2.94 bits per heavy atom. The molecule has 4 heteroatoms. The molecule has 0 saturated heterocycles. The van der Waals surface area contributed by atoms with Gasteiger partial charge in [0.15, 0.2) is 0 Å². The summed E-state index contributed by atoms with van der Waals surface area (Å²) in [5.41, 5.74) is 0.741. The van der Waals surface area contributed by atoms with Gasteiger partial charge in [-0.15, -0.1) is 0 Å². The molecule has 1 aromatic rings. The van der Waals surface area contributed by atoms with E-state index < -0.39 is 6.10 Å². The van der Waals surface area contributed by atoms with Gasteiger partial charge in [0.1, 0.15) is 5.75 Å². The molecule has 0 aliphatic heterocycles. The SMILES string of the molecule is CCCCC(=O)NCC(O)c1cccc(OC)c1. The fraction of sp³-hybridized carbons (Fsp3) is 0.500. The predicted octanol–water partition coefficient (Wildman–Crippen LogP) is 2.04. The number of hydrogen-bond acceptors (Lipinski definition) is 3. The number of nitrogens with one attached hydrogen (secondary N) is 1. The highest BCUT2D eigenvalue weighted by Gasteiger charge is 2.09. The normalized spacial score (nSPS) is 11.9. The summed E-state index contributed by atoms with van der Waals surface area (Å²) in [6.45, 7) is 2.27. The number of benzene rings is 1. The second-order valence-electron chi connectivity index (χ2n) is 4.20. The average Bonchev–Trinajstić information content (AvgIpc) is 2.42. The molecule has 1 unspecified atom stereocenters.